The fourth-order valence-corrected chi connectivity index (χ4v) is 4.63. The normalized spacial score (nSPS) is 12.8. The van der Waals surface area contributed by atoms with Gasteiger partial charge in [-0.05, 0) is 64.5 Å². The lowest BCUT2D eigenvalue weighted by atomic mass is 10.2. The molecular weight excluding hydrogens is 424 g/mol. The van der Waals surface area contributed by atoms with Crippen molar-refractivity contribution in [3.63, 3.8) is 0 Å². The van der Waals surface area contributed by atoms with Crippen molar-refractivity contribution in [1.82, 2.24) is 14.5 Å². The Bertz CT molecular complexity index is 977. The number of anilines is 1. The molecule has 1 heterocycles. The summed E-state index contributed by atoms with van der Waals surface area (Å²) in [6.45, 7) is 1.59. The maximum Gasteiger partial charge on any atom is 0.348 e. The lowest BCUT2D eigenvalue weighted by molar-refractivity contribution is -0.113. The number of amides is 1. The van der Waals surface area contributed by atoms with E-state index in [1.807, 2.05) is 18.7 Å². The van der Waals surface area contributed by atoms with Crippen molar-refractivity contribution in [2.24, 2.45) is 0 Å². The number of methoxy groups -OCH3 is 1. The molecule has 1 aliphatic carbocycles. The van der Waals surface area contributed by atoms with Crippen LogP contribution in [-0.4, -0.2) is 53.9 Å². The van der Waals surface area contributed by atoms with Crippen LogP contribution in [0.1, 0.15) is 24.1 Å². The fourth-order valence-electron chi connectivity index (χ4n) is 3.58. The molecule has 1 aromatic carbocycles. The first-order valence-electron chi connectivity index (χ1n) is 9.92. The largest absolute Gasteiger partial charge is 0.495 e. The Morgan fingerprint density at radius 3 is 2.90 bits per heavy atom. The zero-order chi connectivity index (χ0) is 21.7. The van der Waals surface area contributed by atoms with Crippen molar-refractivity contribution >= 4 is 35.0 Å². The lowest BCUT2D eigenvalue weighted by Gasteiger charge is -2.15. The van der Waals surface area contributed by atoms with E-state index < -0.39 is 0 Å². The van der Waals surface area contributed by atoms with Crippen molar-refractivity contribution in [2.45, 2.75) is 37.3 Å². The molecule has 1 aromatic heterocycles. The van der Waals surface area contributed by atoms with Crippen LogP contribution >= 0.6 is 23.4 Å². The van der Waals surface area contributed by atoms with Gasteiger partial charge in [0.25, 0.3) is 0 Å². The average molecular weight is 451 g/mol. The van der Waals surface area contributed by atoms with E-state index in [-0.39, 0.29) is 17.3 Å². The van der Waals surface area contributed by atoms with E-state index in [0.29, 0.717) is 28.0 Å². The topological polar surface area (TPSA) is 76.5 Å². The van der Waals surface area contributed by atoms with Crippen molar-refractivity contribution in [3.8, 4) is 5.75 Å². The quantitative estimate of drug-likeness (QED) is 0.467. The van der Waals surface area contributed by atoms with E-state index >= 15 is 0 Å². The van der Waals surface area contributed by atoms with Gasteiger partial charge in [-0.25, -0.2) is 4.79 Å². The third kappa shape index (κ3) is 5.56. The smallest absolute Gasteiger partial charge is 0.348 e. The van der Waals surface area contributed by atoms with E-state index in [0.717, 1.165) is 43.5 Å². The SMILES string of the molecule is COc1ccc(Cl)cc1NC(=O)CSc1nc(=O)n(CCCN(C)C)c2c1CCC2. The molecule has 7 nitrogen and oxygen atoms in total. The Kier molecular flexibility index (Phi) is 7.80. The van der Waals surface area contributed by atoms with Gasteiger partial charge in [0.05, 0.1) is 18.6 Å². The number of benzene rings is 1. The van der Waals surface area contributed by atoms with Gasteiger partial charge < -0.3 is 15.0 Å². The summed E-state index contributed by atoms with van der Waals surface area (Å²) in [5, 5.41) is 4.00. The monoisotopic (exact) mass is 450 g/mol. The van der Waals surface area contributed by atoms with E-state index in [1.54, 1.807) is 18.2 Å². The summed E-state index contributed by atoms with van der Waals surface area (Å²) in [5.74, 6) is 0.487. The number of rotatable bonds is 9. The number of aromatic nitrogens is 2. The number of ether oxygens (including phenoxy) is 1. The number of halogens is 1. The van der Waals surface area contributed by atoms with Crippen LogP contribution in [0, 0.1) is 0 Å². The number of hydrogen-bond acceptors (Lipinski definition) is 6. The molecule has 1 aliphatic rings. The minimum Gasteiger partial charge on any atom is -0.495 e. The molecule has 0 atom stereocenters. The Morgan fingerprint density at radius 1 is 1.37 bits per heavy atom. The molecule has 0 fully saturated rings. The summed E-state index contributed by atoms with van der Waals surface area (Å²) in [5.41, 5.74) is 2.48. The van der Waals surface area contributed by atoms with Crippen molar-refractivity contribution in [2.75, 3.05) is 38.8 Å². The first-order valence-corrected chi connectivity index (χ1v) is 11.3. The molecule has 3 rings (SSSR count). The Labute approximate surface area is 185 Å². The minimum absolute atomic E-state index is 0.152. The molecular formula is C21H27ClN4O3S. The van der Waals surface area contributed by atoms with Crippen LogP contribution in [0.5, 0.6) is 5.75 Å². The highest BCUT2D eigenvalue weighted by Gasteiger charge is 2.22. The summed E-state index contributed by atoms with van der Waals surface area (Å²) >= 11 is 7.32. The van der Waals surface area contributed by atoms with Crippen molar-refractivity contribution < 1.29 is 9.53 Å². The highest BCUT2D eigenvalue weighted by molar-refractivity contribution is 8.00. The molecule has 0 bridgehead atoms. The van der Waals surface area contributed by atoms with Gasteiger partial charge in [0.1, 0.15) is 10.8 Å². The molecule has 1 N–H and O–H groups in total. The number of carbonyl (C=O) groups excluding carboxylic acids is 1. The molecule has 1 amide bonds. The Balaban J connectivity index is 1.69. The number of fused-ring (bicyclic) bond motifs is 1. The summed E-state index contributed by atoms with van der Waals surface area (Å²) in [6.07, 6.45) is 3.68. The van der Waals surface area contributed by atoms with Gasteiger partial charge >= 0.3 is 5.69 Å². The number of nitrogens with zero attached hydrogens (tertiary/aromatic N) is 3. The lowest BCUT2D eigenvalue weighted by Crippen LogP contribution is -2.29. The summed E-state index contributed by atoms with van der Waals surface area (Å²) in [6, 6.07) is 5.05. The summed E-state index contributed by atoms with van der Waals surface area (Å²) < 4.78 is 7.07. The maximum atomic E-state index is 12.6. The van der Waals surface area contributed by atoms with Crippen LogP contribution < -0.4 is 15.7 Å². The predicted molar refractivity (Wildman–Crippen MR) is 121 cm³/mol. The van der Waals surface area contributed by atoms with E-state index in [4.69, 9.17) is 16.3 Å². The molecule has 30 heavy (non-hydrogen) atoms. The third-order valence-corrected chi connectivity index (χ3v) is 6.22. The van der Waals surface area contributed by atoms with Crippen molar-refractivity contribution in [1.29, 1.82) is 0 Å². The van der Waals surface area contributed by atoms with Gasteiger partial charge in [-0.1, -0.05) is 23.4 Å². The number of carbonyl (C=O) groups is 1. The number of nitrogens with one attached hydrogen (secondary N) is 1. The molecule has 0 saturated heterocycles. The predicted octanol–water partition coefficient (Wildman–Crippen LogP) is 3.08. The first kappa shape index (κ1) is 22.7. The Morgan fingerprint density at radius 2 is 2.17 bits per heavy atom. The molecule has 0 radical (unpaired) electrons. The molecule has 0 unspecified atom stereocenters. The van der Waals surface area contributed by atoms with Crippen LogP contribution in [0.4, 0.5) is 5.69 Å². The highest BCUT2D eigenvalue weighted by atomic mass is 35.5. The standard InChI is InChI=1S/C21H27ClN4O3S/c1-25(2)10-5-11-26-17-7-4-6-15(17)20(24-21(26)28)30-13-19(27)23-16-12-14(22)8-9-18(16)29-3/h8-9,12H,4-7,10-11,13H2,1-3H3,(H,23,27). The second kappa shape index (κ2) is 10.3. The zero-order valence-electron chi connectivity index (χ0n) is 17.5. The van der Waals surface area contributed by atoms with Gasteiger partial charge in [-0.3, -0.25) is 9.36 Å². The van der Waals surface area contributed by atoms with Crippen LogP contribution in [0.25, 0.3) is 0 Å². The van der Waals surface area contributed by atoms with Crippen LogP contribution in [0.3, 0.4) is 0 Å². The van der Waals surface area contributed by atoms with Crippen LogP contribution in [0.2, 0.25) is 5.02 Å². The number of thioether (sulfide) groups is 1. The van der Waals surface area contributed by atoms with Crippen molar-refractivity contribution in [3.05, 3.63) is 45.0 Å². The van der Waals surface area contributed by atoms with Crippen LogP contribution in [0.15, 0.2) is 28.0 Å². The molecule has 0 saturated carbocycles. The second-order valence-electron chi connectivity index (χ2n) is 7.47. The Hall–Kier alpha value is -2.03. The van der Waals surface area contributed by atoms with E-state index in [2.05, 4.69) is 15.2 Å². The fraction of sp³-hybridized carbons (Fsp3) is 0.476. The van der Waals surface area contributed by atoms with E-state index in [1.165, 1.54) is 18.9 Å². The third-order valence-electron chi connectivity index (χ3n) is 4.96. The molecule has 9 heteroatoms. The van der Waals surface area contributed by atoms with E-state index in [9.17, 15) is 9.59 Å². The molecule has 0 spiro atoms. The molecule has 0 aliphatic heterocycles. The van der Waals surface area contributed by atoms with Gasteiger partial charge in [0.2, 0.25) is 5.91 Å². The first-order chi connectivity index (χ1) is 14.4. The highest BCUT2D eigenvalue weighted by Crippen LogP contribution is 2.30. The van der Waals surface area contributed by atoms with Gasteiger partial charge in [-0.2, -0.15) is 4.98 Å². The van der Waals surface area contributed by atoms with Crippen LogP contribution in [-0.2, 0) is 24.2 Å². The minimum atomic E-state index is -0.228. The second-order valence-corrected chi connectivity index (χ2v) is 8.87. The zero-order valence-corrected chi connectivity index (χ0v) is 19.1. The van der Waals surface area contributed by atoms with Gasteiger partial charge in [-0.15, -0.1) is 0 Å². The van der Waals surface area contributed by atoms with Gasteiger partial charge in [0, 0.05) is 22.8 Å². The summed E-state index contributed by atoms with van der Waals surface area (Å²) in [7, 11) is 5.58. The summed E-state index contributed by atoms with van der Waals surface area (Å²) in [4.78, 5) is 31.5. The maximum absolute atomic E-state index is 12.6. The average Bonchev–Trinajstić information content (AvgIpc) is 3.18. The molecule has 2 aromatic rings. The molecule has 162 valence electrons. The number of hydrogen-bond donors (Lipinski definition) is 1. The van der Waals surface area contributed by atoms with Gasteiger partial charge in [0.15, 0.2) is 0 Å².